The minimum absolute atomic E-state index is 0.00334. The van der Waals surface area contributed by atoms with Crippen molar-refractivity contribution >= 4 is 17.5 Å². The Morgan fingerprint density at radius 3 is 2.33 bits per heavy atom. The van der Waals surface area contributed by atoms with Gasteiger partial charge >= 0.3 is 0 Å². The number of nitrogens with zero attached hydrogens (tertiary/aromatic N) is 1. The van der Waals surface area contributed by atoms with Crippen LogP contribution in [-0.4, -0.2) is 25.4 Å². The van der Waals surface area contributed by atoms with Gasteiger partial charge in [0.25, 0.3) is 0 Å². The van der Waals surface area contributed by atoms with Gasteiger partial charge < -0.3 is 10.2 Å². The molecule has 0 aliphatic carbocycles. The highest BCUT2D eigenvalue weighted by atomic mass is 16.2. The van der Waals surface area contributed by atoms with E-state index in [2.05, 4.69) is 26.1 Å². The Morgan fingerprint density at radius 2 is 1.67 bits per heavy atom. The van der Waals surface area contributed by atoms with Crippen molar-refractivity contribution < 1.29 is 9.59 Å². The number of carbonyl (C=O) groups excluding carboxylic acids is 2. The summed E-state index contributed by atoms with van der Waals surface area (Å²) in [4.78, 5) is 27.9. The van der Waals surface area contributed by atoms with Gasteiger partial charge in [0, 0.05) is 25.7 Å². The zero-order chi connectivity index (χ0) is 19.7. The van der Waals surface area contributed by atoms with Crippen LogP contribution < -0.4 is 10.2 Å². The van der Waals surface area contributed by atoms with Gasteiger partial charge in [-0.15, -0.1) is 0 Å². The average molecular weight is 364 g/mol. The summed E-state index contributed by atoms with van der Waals surface area (Å²) in [6.07, 6.45) is 0.662. The molecule has 0 aromatic heterocycles. The number of rotatable bonds is 5. The van der Waals surface area contributed by atoms with E-state index in [0.717, 1.165) is 16.8 Å². The molecule has 142 valence electrons. The minimum atomic E-state index is -0.866. The molecule has 0 unspecified atom stereocenters. The van der Waals surface area contributed by atoms with Crippen LogP contribution >= 0.6 is 0 Å². The van der Waals surface area contributed by atoms with Crippen molar-refractivity contribution in [1.29, 1.82) is 0 Å². The van der Waals surface area contributed by atoms with Crippen LogP contribution in [0.2, 0.25) is 0 Å². The maximum absolute atomic E-state index is 13.4. The fourth-order valence-electron chi connectivity index (χ4n) is 3.77. The molecular weight excluding hydrogens is 336 g/mol. The van der Waals surface area contributed by atoms with Crippen molar-refractivity contribution in [2.45, 2.75) is 39.0 Å². The Hall–Kier alpha value is -2.62. The van der Waals surface area contributed by atoms with Crippen LogP contribution in [0.5, 0.6) is 0 Å². The summed E-state index contributed by atoms with van der Waals surface area (Å²) in [6.45, 7) is 6.82. The molecule has 0 bridgehead atoms. The zero-order valence-electron chi connectivity index (χ0n) is 16.6. The third kappa shape index (κ3) is 3.90. The summed E-state index contributed by atoms with van der Waals surface area (Å²) in [7, 11) is 1.79. The van der Waals surface area contributed by atoms with E-state index in [1.165, 1.54) is 0 Å². The van der Waals surface area contributed by atoms with Gasteiger partial charge in [-0.1, -0.05) is 69.3 Å². The standard InChI is InChI=1S/C23H28N2O2/c1-22(2,3)16-24-20(26)15-23(14-17-10-6-5-7-11-17)18-12-8-9-13-19(18)25(4)21(23)27/h5-13H,14-16H2,1-4H3,(H,24,26)/t23-/m0/s1. The lowest BCUT2D eigenvalue weighted by molar-refractivity contribution is -0.129. The number of fused-ring (bicyclic) bond motifs is 1. The molecule has 2 aromatic carbocycles. The number of nitrogens with one attached hydrogen (secondary N) is 1. The number of hydrogen-bond donors (Lipinski definition) is 1. The molecular formula is C23H28N2O2. The Labute approximate surface area is 161 Å². The molecule has 4 nitrogen and oxygen atoms in total. The maximum atomic E-state index is 13.4. The first-order chi connectivity index (χ1) is 12.7. The van der Waals surface area contributed by atoms with Gasteiger partial charge in [-0.05, 0) is 29.0 Å². The molecule has 1 heterocycles. The topological polar surface area (TPSA) is 49.4 Å². The van der Waals surface area contributed by atoms with Crippen molar-refractivity contribution in [3.8, 4) is 0 Å². The monoisotopic (exact) mass is 364 g/mol. The molecule has 4 heteroatoms. The second-order valence-electron chi connectivity index (χ2n) is 8.64. The van der Waals surface area contributed by atoms with Crippen LogP contribution in [0.4, 0.5) is 5.69 Å². The van der Waals surface area contributed by atoms with Gasteiger partial charge in [-0.2, -0.15) is 0 Å². The lowest BCUT2D eigenvalue weighted by Gasteiger charge is -2.29. The highest BCUT2D eigenvalue weighted by molar-refractivity contribution is 6.09. The second-order valence-corrected chi connectivity index (χ2v) is 8.64. The van der Waals surface area contributed by atoms with Gasteiger partial charge in [-0.3, -0.25) is 9.59 Å². The van der Waals surface area contributed by atoms with E-state index in [1.807, 2.05) is 54.6 Å². The molecule has 2 aromatic rings. The van der Waals surface area contributed by atoms with E-state index < -0.39 is 5.41 Å². The molecule has 1 aliphatic heterocycles. The fourth-order valence-corrected chi connectivity index (χ4v) is 3.77. The second kappa shape index (κ2) is 7.18. The van der Waals surface area contributed by atoms with Gasteiger partial charge in [0.05, 0.1) is 5.41 Å². The third-order valence-corrected chi connectivity index (χ3v) is 5.12. The maximum Gasteiger partial charge on any atom is 0.238 e. The van der Waals surface area contributed by atoms with E-state index >= 15 is 0 Å². The van der Waals surface area contributed by atoms with Crippen molar-refractivity contribution in [2.75, 3.05) is 18.5 Å². The molecule has 0 saturated carbocycles. The van der Waals surface area contributed by atoms with Crippen LogP contribution in [0, 0.1) is 5.41 Å². The van der Waals surface area contributed by atoms with E-state index in [1.54, 1.807) is 11.9 Å². The van der Waals surface area contributed by atoms with E-state index in [0.29, 0.717) is 13.0 Å². The zero-order valence-corrected chi connectivity index (χ0v) is 16.6. The molecule has 3 rings (SSSR count). The average Bonchev–Trinajstić information content (AvgIpc) is 2.83. The highest BCUT2D eigenvalue weighted by Gasteiger charge is 2.50. The number of likely N-dealkylation sites (N-methyl/N-ethyl adjacent to an activating group) is 1. The van der Waals surface area contributed by atoms with Gasteiger partial charge in [0.15, 0.2) is 0 Å². The highest BCUT2D eigenvalue weighted by Crippen LogP contribution is 2.45. The Balaban J connectivity index is 1.98. The summed E-state index contributed by atoms with van der Waals surface area (Å²) in [5.41, 5.74) is 2.01. The summed E-state index contributed by atoms with van der Waals surface area (Å²) >= 11 is 0. The summed E-state index contributed by atoms with van der Waals surface area (Å²) < 4.78 is 0. The Bertz CT molecular complexity index is 839. The normalized spacial score (nSPS) is 19.1. The van der Waals surface area contributed by atoms with Crippen LogP contribution in [-0.2, 0) is 21.4 Å². The van der Waals surface area contributed by atoms with E-state index in [4.69, 9.17) is 0 Å². The largest absolute Gasteiger partial charge is 0.356 e. The Kier molecular flexibility index (Phi) is 5.09. The predicted molar refractivity (Wildman–Crippen MR) is 109 cm³/mol. The van der Waals surface area contributed by atoms with Gasteiger partial charge in [0.1, 0.15) is 0 Å². The minimum Gasteiger partial charge on any atom is -0.356 e. The smallest absolute Gasteiger partial charge is 0.238 e. The van der Waals surface area contributed by atoms with Crippen molar-refractivity contribution in [2.24, 2.45) is 5.41 Å². The first kappa shape index (κ1) is 19.2. The Morgan fingerprint density at radius 1 is 1.04 bits per heavy atom. The van der Waals surface area contributed by atoms with Gasteiger partial charge in [0.2, 0.25) is 11.8 Å². The van der Waals surface area contributed by atoms with Crippen LogP contribution in [0.25, 0.3) is 0 Å². The van der Waals surface area contributed by atoms with E-state index in [-0.39, 0.29) is 23.7 Å². The molecule has 27 heavy (non-hydrogen) atoms. The lowest BCUT2D eigenvalue weighted by atomic mass is 9.73. The molecule has 0 spiro atoms. The quantitative estimate of drug-likeness (QED) is 0.879. The first-order valence-corrected chi connectivity index (χ1v) is 9.41. The van der Waals surface area contributed by atoms with Crippen LogP contribution in [0.1, 0.15) is 38.3 Å². The van der Waals surface area contributed by atoms with Gasteiger partial charge in [-0.25, -0.2) is 0 Å². The predicted octanol–water partition coefficient (Wildman–Crippen LogP) is 3.70. The number of carbonyl (C=O) groups is 2. The van der Waals surface area contributed by atoms with E-state index in [9.17, 15) is 9.59 Å². The lowest BCUT2D eigenvalue weighted by Crippen LogP contribution is -2.45. The molecule has 1 atom stereocenters. The summed E-state index contributed by atoms with van der Waals surface area (Å²) in [5, 5.41) is 3.02. The number of anilines is 1. The molecule has 2 amide bonds. The van der Waals surface area contributed by atoms with Crippen molar-refractivity contribution in [3.63, 3.8) is 0 Å². The first-order valence-electron chi connectivity index (χ1n) is 9.41. The number of benzene rings is 2. The molecule has 0 fully saturated rings. The SMILES string of the molecule is CN1C(=O)[C@](CC(=O)NCC(C)(C)C)(Cc2ccccc2)c2ccccc21. The van der Waals surface area contributed by atoms with Crippen molar-refractivity contribution in [3.05, 3.63) is 65.7 Å². The molecule has 1 N–H and O–H groups in total. The number of amides is 2. The number of para-hydroxylation sites is 1. The van der Waals surface area contributed by atoms with Crippen LogP contribution in [0.3, 0.4) is 0 Å². The van der Waals surface area contributed by atoms with Crippen molar-refractivity contribution in [1.82, 2.24) is 5.32 Å². The number of hydrogen-bond acceptors (Lipinski definition) is 2. The van der Waals surface area contributed by atoms with Crippen LogP contribution in [0.15, 0.2) is 54.6 Å². The fraction of sp³-hybridized carbons (Fsp3) is 0.391. The summed E-state index contributed by atoms with van der Waals surface area (Å²) in [6, 6.07) is 17.7. The molecule has 0 saturated heterocycles. The summed E-state index contributed by atoms with van der Waals surface area (Å²) in [5.74, 6) is -0.0993. The third-order valence-electron chi connectivity index (χ3n) is 5.12. The molecule has 1 aliphatic rings. The molecule has 0 radical (unpaired) electrons.